The van der Waals surface area contributed by atoms with Gasteiger partial charge >= 0.3 is 5.97 Å². The number of carbonyl (C=O) groups is 3. The summed E-state index contributed by atoms with van der Waals surface area (Å²) in [7, 11) is 0. The van der Waals surface area contributed by atoms with Crippen LogP contribution >= 0.6 is 0 Å². The summed E-state index contributed by atoms with van der Waals surface area (Å²) in [6.45, 7) is 6.77. The lowest BCUT2D eigenvalue weighted by Gasteiger charge is -2.16. The highest BCUT2D eigenvalue weighted by Gasteiger charge is 2.26. The highest BCUT2D eigenvalue weighted by atomic mass is 16.6. The molecule has 0 saturated carbocycles. The largest absolute Gasteiger partial charge is 0.461 e. The van der Waals surface area contributed by atoms with Gasteiger partial charge in [-0.15, -0.1) is 0 Å². The van der Waals surface area contributed by atoms with Crippen LogP contribution in [0.15, 0.2) is 29.4 Å². The minimum atomic E-state index is -0.815. The van der Waals surface area contributed by atoms with Crippen LogP contribution < -0.4 is 5.43 Å². The van der Waals surface area contributed by atoms with Gasteiger partial charge in [-0.2, -0.15) is 5.10 Å². The van der Waals surface area contributed by atoms with Crippen LogP contribution in [0.4, 0.5) is 5.69 Å². The summed E-state index contributed by atoms with van der Waals surface area (Å²) in [4.78, 5) is 46.3. The van der Waals surface area contributed by atoms with E-state index in [-0.39, 0.29) is 35.8 Å². The van der Waals surface area contributed by atoms with Gasteiger partial charge in [0.25, 0.3) is 11.6 Å². The van der Waals surface area contributed by atoms with E-state index in [1.165, 1.54) is 18.2 Å². The second-order valence-electron chi connectivity index (χ2n) is 6.38. The molecule has 0 spiro atoms. The fourth-order valence-corrected chi connectivity index (χ4v) is 1.73. The Balaban J connectivity index is 3.00. The number of benzene rings is 1. The molecular weight excluding hydrogens is 342 g/mol. The van der Waals surface area contributed by atoms with Crippen LogP contribution in [0.1, 0.15) is 44.5 Å². The van der Waals surface area contributed by atoms with E-state index in [0.717, 1.165) is 6.07 Å². The smallest absolute Gasteiger partial charge is 0.354 e. The summed E-state index contributed by atoms with van der Waals surface area (Å²) >= 11 is 0. The number of Topliss-reactive ketones (excluding diaryl/α,β-unsaturated/α-hetero) is 1. The molecule has 0 aliphatic carbocycles. The van der Waals surface area contributed by atoms with Gasteiger partial charge in [0, 0.05) is 23.1 Å². The monoisotopic (exact) mass is 363 g/mol. The highest BCUT2D eigenvalue weighted by Crippen LogP contribution is 2.17. The lowest BCUT2D eigenvalue weighted by Crippen LogP contribution is -2.30. The van der Waals surface area contributed by atoms with Gasteiger partial charge in [0.15, 0.2) is 5.71 Å². The zero-order valence-corrected chi connectivity index (χ0v) is 15.1. The first kappa shape index (κ1) is 20.9. The van der Waals surface area contributed by atoms with Gasteiger partial charge in [-0.1, -0.05) is 26.8 Å². The van der Waals surface area contributed by atoms with Crippen molar-refractivity contribution in [3.8, 4) is 0 Å². The molecule has 0 bridgehead atoms. The second kappa shape index (κ2) is 8.84. The predicted octanol–water partition coefficient (Wildman–Crippen LogP) is 2.25. The quantitative estimate of drug-likeness (QED) is 0.342. The van der Waals surface area contributed by atoms with Crippen LogP contribution in [0.2, 0.25) is 0 Å². The van der Waals surface area contributed by atoms with Crippen molar-refractivity contribution >= 4 is 29.1 Å². The average molecular weight is 363 g/mol. The third kappa shape index (κ3) is 6.08. The molecular formula is C17H21N3O6. The number of hydrogen-bond donors (Lipinski definition) is 1. The van der Waals surface area contributed by atoms with Gasteiger partial charge < -0.3 is 4.74 Å². The van der Waals surface area contributed by atoms with E-state index < -0.39 is 22.2 Å². The van der Waals surface area contributed by atoms with Gasteiger partial charge in [0.1, 0.15) is 5.78 Å². The van der Waals surface area contributed by atoms with Crippen molar-refractivity contribution in [2.45, 2.75) is 34.1 Å². The Hall–Kier alpha value is -3.10. The Morgan fingerprint density at radius 2 is 1.92 bits per heavy atom. The standard InChI is InChI=1S/C17H21N3O6/c1-5-26-16(23)13(10-14(21)17(2,3)4)18-19-15(22)11-7-6-8-12(9-11)20(24)25/h6-9H,5,10H2,1-4H3,(H,19,22)/b18-13+. The number of nitrogens with zero attached hydrogens (tertiary/aromatic N) is 2. The van der Waals surface area contributed by atoms with Crippen molar-refractivity contribution < 1.29 is 24.0 Å². The van der Waals surface area contributed by atoms with Crippen LogP contribution in [0.5, 0.6) is 0 Å². The van der Waals surface area contributed by atoms with Crippen molar-refractivity contribution in [2.75, 3.05) is 6.61 Å². The Kier molecular flexibility index (Phi) is 7.12. The number of ether oxygens (including phenoxy) is 1. The maximum absolute atomic E-state index is 12.1. The van der Waals surface area contributed by atoms with E-state index in [9.17, 15) is 24.5 Å². The lowest BCUT2D eigenvalue weighted by molar-refractivity contribution is -0.384. The molecule has 0 aromatic heterocycles. The van der Waals surface area contributed by atoms with Gasteiger partial charge in [-0.25, -0.2) is 10.2 Å². The van der Waals surface area contributed by atoms with Crippen LogP contribution in [0.3, 0.4) is 0 Å². The molecule has 9 heteroatoms. The summed E-state index contributed by atoms with van der Waals surface area (Å²) in [6.07, 6.45) is -0.308. The number of carbonyl (C=O) groups excluding carboxylic acids is 3. The molecule has 1 amide bonds. The summed E-state index contributed by atoms with van der Waals surface area (Å²) in [5.41, 5.74) is 0.932. The molecule has 1 aromatic carbocycles. The Labute approximate surface area is 150 Å². The summed E-state index contributed by atoms with van der Waals surface area (Å²) < 4.78 is 4.84. The van der Waals surface area contributed by atoms with Crippen molar-refractivity contribution in [2.24, 2.45) is 10.5 Å². The molecule has 140 valence electrons. The number of nitrogens with one attached hydrogen (secondary N) is 1. The van der Waals surface area contributed by atoms with Crippen molar-refractivity contribution in [3.05, 3.63) is 39.9 Å². The Bertz CT molecular complexity index is 749. The minimum absolute atomic E-state index is 0.00620. The van der Waals surface area contributed by atoms with E-state index in [2.05, 4.69) is 10.5 Å². The number of amides is 1. The third-order valence-electron chi connectivity index (χ3n) is 3.29. The molecule has 1 N–H and O–H groups in total. The molecule has 0 aliphatic heterocycles. The van der Waals surface area contributed by atoms with Crippen LogP contribution in [-0.2, 0) is 14.3 Å². The highest BCUT2D eigenvalue weighted by molar-refractivity contribution is 6.40. The van der Waals surface area contributed by atoms with Gasteiger partial charge in [-0.3, -0.25) is 19.7 Å². The number of nitro benzene ring substituents is 1. The molecule has 0 unspecified atom stereocenters. The maximum Gasteiger partial charge on any atom is 0.354 e. The number of ketones is 1. The minimum Gasteiger partial charge on any atom is -0.461 e. The number of hydrazone groups is 1. The van der Waals surface area contributed by atoms with Gasteiger partial charge in [0.2, 0.25) is 0 Å². The number of non-ortho nitro benzene ring substituents is 1. The number of nitro groups is 1. The van der Waals surface area contributed by atoms with Crippen LogP contribution in [0.25, 0.3) is 0 Å². The molecule has 9 nitrogen and oxygen atoms in total. The fraction of sp³-hybridized carbons (Fsp3) is 0.412. The number of hydrogen-bond acceptors (Lipinski definition) is 7. The second-order valence-corrected chi connectivity index (χ2v) is 6.38. The normalized spacial score (nSPS) is 11.6. The number of esters is 1. The molecule has 1 aromatic rings. The van der Waals surface area contributed by atoms with Crippen molar-refractivity contribution in [3.63, 3.8) is 0 Å². The number of rotatable bonds is 7. The van der Waals surface area contributed by atoms with Crippen LogP contribution in [0, 0.1) is 15.5 Å². The molecule has 0 fully saturated rings. The zero-order chi connectivity index (χ0) is 19.9. The molecule has 0 saturated heterocycles. The van der Waals surface area contributed by atoms with Gasteiger partial charge in [-0.05, 0) is 13.0 Å². The van der Waals surface area contributed by atoms with E-state index in [1.807, 2.05) is 0 Å². The van der Waals surface area contributed by atoms with Gasteiger partial charge in [0.05, 0.1) is 18.0 Å². The summed E-state index contributed by atoms with van der Waals surface area (Å²) in [5, 5.41) is 14.5. The summed E-state index contributed by atoms with van der Waals surface area (Å²) in [6, 6.07) is 5.04. The molecule has 0 aliphatic rings. The SMILES string of the molecule is CCOC(=O)/C(CC(=O)C(C)(C)C)=N/NC(=O)c1cccc([N+](=O)[O-])c1. The average Bonchev–Trinajstić information content (AvgIpc) is 2.57. The molecule has 0 atom stereocenters. The van der Waals surface area contributed by atoms with E-state index in [4.69, 9.17) is 4.74 Å². The summed E-state index contributed by atoms with van der Waals surface area (Å²) in [5.74, 6) is -1.82. The fourth-order valence-electron chi connectivity index (χ4n) is 1.73. The third-order valence-corrected chi connectivity index (χ3v) is 3.29. The molecule has 26 heavy (non-hydrogen) atoms. The maximum atomic E-state index is 12.1. The molecule has 0 heterocycles. The molecule has 1 rings (SSSR count). The molecule has 0 radical (unpaired) electrons. The van der Waals surface area contributed by atoms with Crippen molar-refractivity contribution in [1.29, 1.82) is 0 Å². The Morgan fingerprint density at radius 3 is 2.46 bits per heavy atom. The Morgan fingerprint density at radius 1 is 1.27 bits per heavy atom. The first-order valence-electron chi connectivity index (χ1n) is 7.88. The zero-order valence-electron chi connectivity index (χ0n) is 15.1. The first-order chi connectivity index (χ1) is 12.1. The van der Waals surface area contributed by atoms with E-state index in [1.54, 1.807) is 27.7 Å². The lowest BCUT2D eigenvalue weighted by atomic mass is 9.88. The van der Waals surface area contributed by atoms with Crippen molar-refractivity contribution in [1.82, 2.24) is 5.43 Å². The van der Waals surface area contributed by atoms with E-state index in [0.29, 0.717) is 0 Å². The van der Waals surface area contributed by atoms with Crippen LogP contribution in [-0.4, -0.2) is 34.9 Å². The predicted molar refractivity (Wildman–Crippen MR) is 93.7 cm³/mol. The van der Waals surface area contributed by atoms with E-state index >= 15 is 0 Å². The first-order valence-corrected chi connectivity index (χ1v) is 7.88. The topological polar surface area (TPSA) is 128 Å².